The first-order valence-electron chi connectivity index (χ1n) is 9.33. The van der Waals surface area contributed by atoms with Crippen molar-refractivity contribution in [3.05, 3.63) is 29.8 Å². The van der Waals surface area contributed by atoms with Gasteiger partial charge in [0.15, 0.2) is 0 Å². The Hall–Kier alpha value is -1.59. The minimum absolute atomic E-state index is 0.253. The maximum Gasteiger partial charge on any atom is 0.224 e. The van der Waals surface area contributed by atoms with E-state index in [1.807, 2.05) is 23.1 Å². The number of hydrogen-bond acceptors (Lipinski definition) is 4. The summed E-state index contributed by atoms with van der Waals surface area (Å²) in [5.74, 6) is 1.09. The molecule has 1 heterocycles. The molecule has 1 aliphatic rings. The molecule has 2 rings (SSSR count). The second kappa shape index (κ2) is 9.78. The Kier molecular flexibility index (Phi) is 7.72. The van der Waals surface area contributed by atoms with E-state index in [-0.39, 0.29) is 5.91 Å². The summed E-state index contributed by atoms with van der Waals surface area (Å²) in [7, 11) is 5.94. The molecule has 1 saturated heterocycles. The minimum atomic E-state index is 0.253. The summed E-state index contributed by atoms with van der Waals surface area (Å²) < 4.78 is 5.31. The first kappa shape index (κ1) is 19.7. The fourth-order valence-corrected chi connectivity index (χ4v) is 3.28. The molecular formula is C20H33N3O2. The Bertz CT molecular complexity index is 549. The lowest BCUT2D eigenvalue weighted by molar-refractivity contribution is -0.133. The van der Waals surface area contributed by atoms with Gasteiger partial charge in [-0.25, -0.2) is 0 Å². The van der Waals surface area contributed by atoms with Gasteiger partial charge < -0.3 is 19.4 Å². The number of nitrogens with zero attached hydrogens (tertiary/aromatic N) is 3. The van der Waals surface area contributed by atoms with Crippen molar-refractivity contribution in [1.29, 1.82) is 0 Å². The van der Waals surface area contributed by atoms with E-state index in [2.05, 4.69) is 36.9 Å². The van der Waals surface area contributed by atoms with E-state index < -0.39 is 0 Å². The van der Waals surface area contributed by atoms with E-state index >= 15 is 0 Å². The summed E-state index contributed by atoms with van der Waals surface area (Å²) in [4.78, 5) is 19.6. The lowest BCUT2D eigenvalue weighted by Crippen LogP contribution is -2.51. The van der Waals surface area contributed by atoms with Crippen molar-refractivity contribution in [1.82, 2.24) is 14.7 Å². The van der Waals surface area contributed by atoms with Gasteiger partial charge in [0.25, 0.3) is 0 Å². The van der Waals surface area contributed by atoms with Crippen molar-refractivity contribution in [3.63, 3.8) is 0 Å². The first-order valence-corrected chi connectivity index (χ1v) is 9.33. The summed E-state index contributed by atoms with van der Waals surface area (Å²) >= 11 is 0. The number of benzene rings is 1. The molecule has 1 amide bonds. The standard InChI is InChI=1S/C20H33N3O2/c1-5-6-10-23(15-17-8-7-9-19(13-17)25-4)20(24)14-18-16-21(2)11-12-22(18)3/h7-9,13,18H,5-6,10-12,14-16H2,1-4H3/t18-/m0/s1. The van der Waals surface area contributed by atoms with Crippen LogP contribution < -0.4 is 4.74 Å². The van der Waals surface area contributed by atoms with Gasteiger partial charge in [-0.15, -0.1) is 0 Å². The highest BCUT2D eigenvalue weighted by Gasteiger charge is 2.26. The van der Waals surface area contributed by atoms with Crippen molar-refractivity contribution in [2.24, 2.45) is 0 Å². The van der Waals surface area contributed by atoms with Gasteiger partial charge in [0.2, 0.25) is 5.91 Å². The molecule has 0 radical (unpaired) electrons. The molecule has 0 N–H and O–H groups in total. The van der Waals surface area contributed by atoms with Crippen LogP contribution in [0.5, 0.6) is 5.75 Å². The molecule has 5 nitrogen and oxygen atoms in total. The highest BCUT2D eigenvalue weighted by atomic mass is 16.5. The largest absolute Gasteiger partial charge is 0.497 e. The molecule has 1 atom stereocenters. The third-order valence-electron chi connectivity index (χ3n) is 5.03. The van der Waals surface area contributed by atoms with Crippen molar-refractivity contribution in [2.75, 3.05) is 47.4 Å². The maximum atomic E-state index is 13.0. The van der Waals surface area contributed by atoms with Crippen LogP contribution in [-0.4, -0.2) is 74.0 Å². The normalized spacial score (nSPS) is 19.0. The predicted octanol–water partition coefficient (Wildman–Crippen LogP) is 2.46. The van der Waals surface area contributed by atoms with Gasteiger partial charge in [-0.3, -0.25) is 4.79 Å². The van der Waals surface area contributed by atoms with Crippen LogP contribution in [0.1, 0.15) is 31.7 Å². The monoisotopic (exact) mass is 347 g/mol. The molecule has 1 aromatic rings. The fraction of sp³-hybridized carbons (Fsp3) is 0.650. The molecule has 0 saturated carbocycles. The van der Waals surface area contributed by atoms with Crippen LogP contribution in [0.25, 0.3) is 0 Å². The van der Waals surface area contributed by atoms with Crippen LogP contribution in [0, 0.1) is 0 Å². The number of hydrogen-bond donors (Lipinski definition) is 0. The average molecular weight is 348 g/mol. The van der Waals surface area contributed by atoms with Crippen molar-refractivity contribution < 1.29 is 9.53 Å². The van der Waals surface area contributed by atoms with Gasteiger partial charge in [0.05, 0.1) is 7.11 Å². The van der Waals surface area contributed by atoms with E-state index in [0.717, 1.165) is 50.3 Å². The summed E-state index contributed by atoms with van der Waals surface area (Å²) in [5.41, 5.74) is 1.12. The van der Waals surface area contributed by atoms with Gasteiger partial charge in [-0.2, -0.15) is 0 Å². The van der Waals surface area contributed by atoms with Crippen LogP contribution in [0.4, 0.5) is 0 Å². The molecule has 1 aromatic carbocycles. The van der Waals surface area contributed by atoms with Crippen molar-refractivity contribution in [2.45, 2.75) is 38.8 Å². The molecule has 0 aromatic heterocycles. The van der Waals surface area contributed by atoms with Crippen LogP contribution >= 0.6 is 0 Å². The second-order valence-electron chi connectivity index (χ2n) is 7.12. The average Bonchev–Trinajstić information content (AvgIpc) is 2.61. The Labute approximate surface area is 152 Å². The van der Waals surface area contributed by atoms with Crippen LogP contribution in [-0.2, 0) is 11.3 Å². The number of ether oxygens (including phenoxy) is 1. The van der Waals surface area contributed by atoms with Gasteiger partial charge in [0.1, 0.15) is 5.75 Å². The van der Waals surface area contributed by atoms with E-state index in [1.165, 1.54) is 0 Å². The minimum Gasteiger partial charge on any atom is -0.497 e. The Morgan fingerprint density at radius 2 is 2.12 bits per heavy atom. The van der Waals surface area contributed by atoms with Gasteiger partial charge in [-0.1, -0.05) is 25.5 Å². The van der Waals surface area contributed by atoms with Crippen LogP contribution in [0.3, 0.4) is 0 Å². The van der Waals surface area contributed by atoms with Crippen LogP contribution in [0.15, 0.2) is 24.3 Å². The second-order valence-corrected chi connectivity index (χ2v) is 7.12. The Morgan fingerprint density at radius 1 is 1.32 bits per heavy atom. The number of piperazine rings is 1. The molecule has 0 spiro atoms. The SMILES string of the molecule is CCCCN(Cc1cccc(OC)c1)C(=O)C[C@H]1CN(C)CCN1C. The van der Waals surface area contributed by atoms with E-state index in [4.69, 9.17) is 4.74 Å². The molecule has 0 aliphatic carbocycles. The summed E-state index contributed by atoms with van der Waals surface area (Å²) in [6.07, 6.45) is 2.72. The number of amides is 1. The third kappa shape index (κ3) is 6.01. The predicted molar refractivity (Wildman–Crippen MR) is 102 cm³/mol. The maximum absolute atomic E-state index is 13.0. The number of methoxy groups -OCH3 is 1. The van der Waals surface area contributed by atoms with E-state index in [1.54, 1.807) is 7.11 Å². The molecular weight excluding hydrogens is 314 g/mol. The highest BCUT2D eigenvalue weighted by molar-refractivity contribution is 5.77. The summed E-state index contributed by atoms with van der Waals surface area (Å²) in [6.45, 7) is 6.70. The Morgan fingerprint density at radius 3 is 2.84 bits per heavy atom. The van der Waals surface area contributed by atoms with Crippen molar-refractivity contribution >= 4 is 5.91 Å². The van der Waals surface area contributed by atoms with Gasteiger partial charge in [-0.05, 0) is 38.2 Å². The van der Waals surface area contributed by atoms with Gasteiger partial charge >= 0.3 is 0 Å². The van der Waals surface area contributed by atoms with Crippen molar-refractivity contribution in [3.8, 4) is 5.75 Å². The Balaban J connectivity index is 2.03. The van der Waals surface area contributed by atoms with Gasteiger partial charge in [0, 0.05) is 45.2 Å². The third-order valence-corrected chi connectivity index (χ3v) is 5.03. The number of carbonyl (C=O) groups excluding carboxylic acids is 1. The molecule has 5 heteroatoms. The number of unbranched alkanes of at least 4 members (excludes halogenated alkanes) is 1. The lowest BCUT2D eigenvalue weighted by atomic mass is 10.1. The van der Waals surface area contributed by atoms with Crippen LogP contribution in [0.2, 0.25) is 0 Å². The lowest BCUT2D eigenvalue weighted by Gasteiger charge is -2.38. The first-order chi connectivity index (χ1) is 12.0. The topological polar surface area (TPSA) is 36.0 Å². The number of rotatable bonds is 8. The zero-order valence-corrected chi connectivity index (χ0v) is 16.2. The number of likely N-dealkylation sites (N-methyl/N-ethyl adjacent to an activating group) is 2. The summed E-state index contributed by atoms with van der Waals surface area (Å²) in [5, 5.41) is 0. The number of carbonyl (C=O) groups is 1. The van der Waals surface area contributed by atoms with E-state index in [0.29, 0.717) is 19.0 Å². The molecule has 0 bridgehead atoms. The van der Waals surface area contributed by atoms with E-state index in [9.17, 15) is 4.79 Å². The molecule has 1 fully saturated rings. The molecule has 1 aliphatic heterocycles. The summed E-state index contributed by atoms with van der Waals surface area (Å²) in [6, 6.07) is 8.32. The molecule has 0 unspecified atom stereocenters. The molecule has 25 heavy (non-hydrogen) atoms. The quantitative estimate of drug-likeness (QED) is 0.724. The zero-order valence-electron chi connectivity index (χ0n) is 16.2. The fourth-order valence-electron chi connectivity index (χ4n) is 3.28. The molecule has 140 valence electrons. The highest BCUT2D eigenvalue weighted by Crippen LogP contribution is 2.17. The zero-order chi connectivity index (χ0) is 18.2. The smallest absolute Gasteiger partial charge is 0.224 e.